The number of aryl methyl sites for hydroxylation is 1. The monoisotopic (exact) mass is 207 g/mol. The minimum Gasteiger partial charge on any atom is -0.314 e. The molecule has 1 atom stereocenters. The molecule has 15 heavy (non-hydrogen) atoms. The largest absolute Gasteiger partial charge is 0.314 e. The number of rotatable bonds is 3. The molecule has 1 aliphatic heterocycles. The molecule has 0 bridgehead atoms. The molecule has 0 amide bonds. The first-order valence-corrected chi connectivity index (χ1v) is 5.60. The van der Waals surface area contributed by atoms with E-state index in [1.165, 1.54) is 12.8 Å². The highest BCUT2D eigenvalue weighted by molar-refractivity contribution is 5.06. The van der Waals surface area contributed by atoms with Crippen molar-refractivity contribution in [3.8, 4) is 0 Å². The van der Waals surface area contributed by atoms with Gasteiger partial charge in [-0.15, -0.1) is 0 Å². The Labute approximate surface area is 89.1 Å². The van der Waals surface area contributed by atoms with Crippen molar-refractivity contribution in [2.24, 2.45) is 0 Å². The first-order valence-electron chi connectivity index (χ1n) is 5.60. The van der Waals surface area contributed by atoms with Crippen LogP contribution < -0.4 is 10.9 Å². The molecule has 2 rings (SSSR count). The number of aromatic amines is 1. The van der Waals surface area contributed by atoms with Crippen molar-refractivity contribution in [1.29, 1.82) is 0 Å². The van der Waals surface area contributed by atoms with Crippen LogP contribution in [-0.2, 0) is 12.8 Å². The van der Waals surface area contributed by atoms with Gasteiger partial charge in [0.1, 0.15) is 5.82 Å². The molecular weight excluding hydrogens is 190 g/mol. The molecule has 1 aromatic rings. The van der Waals surface area contributed by atoms with Gasteiger partial charge in [0, 0.05) is 24.2 Å². The Balaban J connectivity index is 2.08. The second-order valence-corrected chi connectivity index (χ2v) is 4.04. The summed E-state index contributed by atoms with van der Waals surface area (Å²) in [6.07, 6.45) is 5.67. The molecule has 1 unspecified atom stereocenters. The number of nitrogens with one attached hydrogen (secondary N) is 2. The van der Waals surface area contributed by atoms with Crippen molar-refractivity contribution < 1.29 is 0 Å². The molecule has 0 radical (unpaired) electrons. The number of hydrogen-bond donors (Lipinski definition) is 2. The van der Waals surface area contributed by atoms with Gasteiger partial charge in [-0.05, 0) is 25.8 Å². The summed E-state index contributed by atoms with van der Waals surface area (Å²) in [7, 11) is 0. The Morgan fingerprint density at radius 1 is 1.60 bits per heavy atom. The molecular formula is C11H17N3O. The fourth-order valence-corrected chi connectivity index (χ4v) is 1.98. The maximum Gasteiger partial charge on any atom is 0.254 e. The highest BCUT2D eigenvalue weighted by atomic mass is 16.1. The lowest BCUT2D eigenvalue weighted by atomic mass is 10.1. The fraction of sp³-hybridized carbons (Fsp3) is 0.636. The Morgan fingerprint density at radius 3 is 3.07 bits per heavy atom. The molecule has 82 valence electrons. The lowest BCUT2D eigenvalue weighted by molar-refractivity contribution is 0.583. The van der Waals surface area contributed by atoms with Gasteiger partial charge in [0.15, 0.2) is 0 Å². The van der Waals surface area contributed by atoms with Crippen LogP contribution in [-0.4, -0.2) is 22.6 Å². The topological polar surface area (TPSA) is 57.8 Å². The second-order valence-electron chi connectivity index (χ2n) is 4.04. The van der Waals surface area contributed by atoms with Crippen LogP contribution in [0.4, 0.5) is 0 Å². The van der Waals surface area contributed by atoms with E-state index in [2.05, 4.69) is 15.3 Å². The number of nitrogens with zero attached hydrogens (tertiary/aromatic N) is 1. The Bertz CT molecular complexity index is 380. The summed E-state index contributed by atoms with van der Waals surface area (Å²) in [6.45, 7) is 3.05. The minimum atomic E-state index is 0.0143. The summed E-state index contributed by atoms with van der Waals surface area (Å²) < 4.78 is 0. The fourth-order valence-electron chi connectivity index (χ4n) is 1.98. The maximum atomic E-state index is 11.5. The third kappa shape index (κ3) is 2.45. The Hall–Kier alpha value is -1.16. The first-order chi connectivity index (χ1) is 7.29. The van der Waals surface area contributed by atoms with Gasteiger partial charge < -0.3 is 10.3 Å². The van der Waals surface area contributed by atoms with Crippen LogP contribution in [0.15, 0.2) is 11.0 Å². The van der Waals surface area contributed by atoms with Crippen LogP contribution in [0.1, 0.15) is 31.2 Å². The zero-order valence-corrected chi connectivity index (χ0v) is 9.05. The normalized spacial score (nSPS) is 20.7. The average molecular weight is 207 g/mol. The number of aromatic nitrogens is 2. The predicted octanol–water partition coefficient (Wildman–Crippen LogP) is 0.627. The van der Waals surface area contributed by atoms with E-state index in [0.717, 1.165) is 30.8 Å². The molecule has 2 heterocycles. The van der Waals surface area contributed by atoms with Crippen molar-refractivity contribution in [1.82, 2.24) is 15.3 Å². The Kier molecular flexibility index (Phi) is 3.16. The highest BCUT2D eigenvalue weighted by Gasteiger charge is 2.15. The summed E-state index contributed by atoms with van der Waals surface area (Å²) in [4.78, 5) is 18.7. The van der Waals surface area contributed by atoms with Crippen molar-refractivity contribution in [3.05, 3.63) is 27.9 Å². The molecule has 1 fully saturated rings. The van der Waals surface area contributed by atoms with E-state index < -0.39 is 0 Å². The van der Waals surface area contributed by atoms with E-state index >= 15 is 0 Å². The lowest BCUT2D eigenvalue weighted by Crippen LogP contribution is -2.26. The molecule has 4 nitrogen and oxygen atoms in total. The van der Waals surface area contributed by atoms with Gasteiger partial charge in [0.05, 0.1) is 0 Å². The van der Waals surface area contributed by atoms with E-state index in [1.807, 2.05) is 6.92 Å². The van der Waals surface area contributed by atoms with Gasteiger partial charge in [-0.3, -0.25) is 4.79 Å². The molecule has 1 aromatic heterocycles. The van der Waals surface area contributed by atoms with Crippen LogP contribution >= 0.6 is 0 Å². The van der Waals surface area contributed by atoms with E-state index in [1.54, 1.807) is 6.20 Å². The summed E-state index contributed by atoms with van der Waals surface area (Å²) in [5, 5.41) is 3.39. The summed E-state index contributed by atoms with van der Waals surface area (Å²) in [5.74, 6) is 0.802. The van der Waals surface area contributed by atoms with E-state index in [9.17, 15) is 4.79 Å². The third-order valence-electron chi connectivity index (χ3n) is 2.91. The minimum absolute atomic E-state index is 0.0143. The molecule has 1 aliphatic rings. The van der Waals surface area contributed by atoms with Gasteiger partial charge in [-0.25, -0.2) is 4.98 Å². The quantitative estimate of drug-likeness (QED) is 0.764. The van der Waals surface area contributed by atoms with Crippen LogP contribution in [0.3, 0.4) is 0 Å². The highest BCUT2D eigenvalue weighted by Crippen LogP contribution is 2.08. The summed E-state index contributed by atoms with van der Waals surface area (Å²) in [6, 6.07) is 0.487. The molecule has 2 N–H and O–H groups in total. The van der Waals surface area contributed by atoms with Crippen LogP contribution in [0, 0.1) is 0 Å². The Morgan fingerprint density at radius 2 is 2.47 bits per heavy atom. The summed E-state index contributed by atoms with van der Waals surface area (Å²) in [5.41, 5.74) is 0.777. The first kappa shape index (κ1) is 10.4. The lowest BCUT2D eigenvalue weighted by Gasteiger charge is -2.08. The van der Waals surface area contributed by atoms with Gasteiger partial charge >= 0.3 is 0 Å². The van der Waals surface area contributed by atoms with Crippen molar-refractivity contribution >= 4 is 0 Å². The van der Waals surface area contributed by atoms with Crippen LogP contribution in [0.2, 0.25) is 0 Å². The molecule has 1 saturated heterocycles. The molecule has 0 aromatic carbocycles. The van der Waals surface area contributed by atoms with Gasteiger partial charge in [0.25, 0.3) is 5.56 Å². The SMILES string of the molecule is CCc1cnc(CC2CCCN2)[nH]c1=O. The maximum absolute atomic E-state index is 11.5. The second kappa shape index (κ2) is 4.57. The molecule has 0 spiro atoms. The number of hydrogen-bond acceptors (Lipinski definition) is 3. The zero-order chi connectivity index (χ0) is 10.7. The van der Waals surface area contributed by atoms with Crippen molar-refractivity contribution in [2.45, 2.75) is 38.6 Å². The van der Waals surface area contributed by atoms with Gasteiger partial charge in [-0.1, -0.05) is 6.92 Å². The standard InChI is InChI=1S/C11H17N3O/c1-2-8-7-13-10(14-11(8)15)6-9-4-3-5-12-9/h7,9,12H,2-6H2,1H3,(H,13,14,15). The van der Waals surface area contributed by atoms with Crippen molar-refractivity contribution in [2.75, 3.05) is 6.54 Å². The molecule has 0 aliphatic carbocycles. The molecule has 0 saturated carbocycles. The van der Waals surface area contributed by atoms with Gasteiger partial charge in [-0.2, -0.15) is 0 Å². The smallest absolute Gasteiger partial charge is 0.254 e. The number of H-pyrrole nitrogens is 1. The van der Waals surface area contributed by atoms with Crippen molar-refractivity contribution in [3.63, 3.8) is 0 Å². The third-order valence-corrected chi connectivity index (χ3v) is 2.91. The zero-order valence-electron chi connectivity index (χ0n) is 9.05. The average Bonchev–Trinajstić information content (AvgIpc) is 2.71. The van der Waals surface area contributed by atoms with E-state index in [4.69, 9.17) is 0 Å². The molecule has 4 heteroatoms. The van der Waals surface area contributed by atoms with Crippen LogP contribution in [0.25, 0.3) is 0 Å². The van der Waals surface area contributed by atoms with Crippen LogP contribution in [0.5, 0.6) is 0 Å². The van der Waals surface area contributed by atoms with Gasteiger partial charge in [0.2, 0.25) is 0 Å². The van der Waals surface area contributed by atoms with E-state index in [0.29, 0.717) is 6.04 Å². The summed E-state index contributed by atoms with van der Waals surface area (Å²) >= 11 is 0. The van der Waals surface area contributed by atoms with E-state index in [-0.39, 0.29) is 5.56 Å². The predicted molar refractivity (Wildman–Crippen MR) is 59.0 cm³/mol.